The quantitative estimate of drug-likeness (QED) is 0.314. The lowest BCUT2D eigenvalue weighted by Gasteiger charge is -2.35. The number of methoxy groups -OCH3 is 1. The molecule has 1 amide bonds. The lowest BCUT2D eigenvalue weighted by atomic mass is 9.86. The molecule has 11 nitrogen and oxygen atoms in total. The number of esters is 1. The van der Waals surface area contributed by atoms with Crippen molar-refractivity contribution in [1.29, 1.82) is 0 Å². The third-order valence-electron chi connectivity index (χ3n) is 8.83. The van der Waals surface area contributed by atoms with Gasteiger partial charge in [-0.05, 0) is 107 Å². The molecule has 45 heavy (non-hydrogen) atoms. The van der Waals surface area contributed by atoms with Crippen molar-refractivity contribution in [3.63, 3.8) is 0 Å². The molecule has 5 rings (SSSR count). The van der Waals surface area contributed by atoms with E-state index in [0.29, 0.717) is 42.4 Å². The van der Waals surface area contributed by atoms with Crippen LogP contribution in [-0.2, 0) is 32.0 Å². The predicted molar refractivity (Wildman–Crippen MR) is 165 cm³/mol. The van der Waals surface area contributed by atoms with E-state index in [1.165, 1.54) is 6.26 Å². The van der Waals surface area contributed by atoms with Gasteiger partial charge < -0.3 is 43.8 Å². The molecule has 11 heteroatoms. The molecule has 2 aromatic rings. The fourth-order valence-electron chi connectivity index (χ4n) is 6.38. The summed E-state index contributed by atoms with van der Waals surface area (Å²) in [5, 5.41) is 24.9. The summed E-state index contributed by atoms with van der Waals surface area (Å²) in [4.78, 5) is 29.6. The van der Waals surface area contributed by atoms with Crippen molar-refractivity contribution in [3.8, 4) is 11.5 Å². The van der Waals surface area contributed by atoms with Gasteiger partial charge in [0.25, 0.3) is 0 Å². The van der Waals surface area contributed by atoms with Crippen LogP contribution in [0.1, 0.15) is 81.6 Å². The summed E-state index contributed by atoms with van der Waals surface area (Å²) in [5.41, 5.74) is -1.09. The molecule has 4 atom stereocenters. The maximum Gasteiger partial charge on any atom is 0.339 e. The number of ether oxygens (including phenoxy) is 4. The molecule has 0 saturated heterocycles. The van der Waals surface area contributed by atoms with Gasteiger partial charge in [0.1, 0.15) is 11.5 Å². The van der Waals surface area contributed by atoms with Gasteiger partial charge in [-0.2, -0.15) is 0 Å². The molecular formula is C34H46N2O9. The minimum Gasteiger partial charge on any atom is -0.497 e. The number of fused-ring (bicyclic) bond motifs is 5. The lowest BCUT2D eigenvalue weighted by molar-refractivity contribution is -0.176. The second-order valence-corrected chi connectivity index (χ2v) is 12.9. The lowest BCUT2D eigenvalue weighted by Crippen LogP contribution is -2.47. The summed E-state index contributed by atoms with van der Waals surface area (Å²) >= 11 is 0. The van der Waals surface area contributed by atoms with Crippen LogP contribution in [-0.4, -0.2) is 77.8 Å². The standard InChI is InChI=1S/C34H46N2O9/c1-33(2,39)12-8-13-34(40,19-30(37)35-20-24-9-7-16-42-24)32(38)45-31-26-21-36(14-6-4-5-10-27(31)41-3)15-11-23-17-28-29(18-25(23)26)44-22-43-28/h7,9-10,16-18,26,31,39-40H,4-6,8,11-15,19-22H2,1-3H3,(H,35,37)/b27-10+/t26-,31+,34-/m1/s1. The third-order valence-corrected chi connectivity index (χ3v) is 8.83. The number of rotatable bonds is 11. The Morgan fingerprint density at radius 3 is 2.64 bits per heavy atom. The van der Waals surface area contributed by atoms with Crippen molar-refractivity contribution < 1.29 is 43.2 Å². The topological polar surface area (TPSA) is 140 Å². The molecule has 1 aromatic carbocycles. The normalized spacial score (nSPS) is 23.8. The molecule has 1 unspecified atom stereocenters. The molecule has 0 aliphatic carbocycles. The molecule has 1 aromatic heterocycles. The van der Waals surface area contributed by atoms with E-state index in [1.54, 1.807) is 33.1 Å². The fourth-order valence-corrected chi connectivity index (χ4v) is 6.38. The van der Waals surface area contributed by atoms with Crippen LogP contribution in [0.2, 0.25) is 0 Å². The monoisotopic (exact) mass is 626 g/mol. The maximum absolute atomic E-state index is 14.1. The Kier molecular flexibility index (Phi) is 10.4. The first-order chi connectivity index (χ1) is 21.5. The van der Waals surface area contributed by atoms with Gasteiger partial charge >= 0.3 is 5.97 Å². The number of carbonyl (C=O) groups excluding carboxylic acids is 2. The van der Waals surface area contributed by atoms with E-state index < -0.39 is 35.6 Å². The number of aliphatic hydroxyl groups is 2. The summed E-state index contributed by atoms with van der Waals surface area (Å²) < 4.78 is 28.9. The Bertz CT molecular complexity index is 1350. The fraction of sp³-hybridized carbons (Fsp3) is 0.588. The van der Waals surface area contributed by atoms with Crippen molar-refractivity contribution in [3.05, 3.63) is 59.3 Å². The van der Waals surface area contributed by atoms with Crippen LogP contribution in [0.3, 0.4) is 0 Å². The molecule has 4 heterocycles. The molecular weight excluding hydrogens is 580 g/mol. The van der Waals surface area contributed by atoms with Gasteiger partial charge in [0.05, 0.1) is 31.9 Å². The number of hydrogen-bond acceptors (Lipinski definition) is 10. The summed E-state index contributed by atoms with van der Waals surface area (Å²) in [6.45, 7) is 5.94. The average molecular weight is 627 g/mol. The molecule has 2 bridgehead atoms. The number of furan rings is 1. The molecule has 0 spiro atoms. The van der Waals surface area contributed by atoms with Gasteiger partial charge in [-0.3, -0.25) is 4.79 Å². The Morgan fingerprint density at radius 1 is 1.11 bits per heavy atom. The number of nitrogens with zero attached hydrogens (tertiary/aromatic N) is 1. The predicted octanol–water partition coefficient (Wildman–Crippen LogP) is 3.95. The highest BCUT2D eigenvalue weighted by atomic mass is 16.7. The minimum atomic E-state index is -2.14. The summed E-state index contributed by atoms with van der Waals surface area (Å²) in [6.07, 6.45) is 6.16. The molecule has 3 aliphatic rings. The van der Waals surface area contributed by atoms with Crippen molar-refractivity contribution >= 4 is 11.9 Å². The molecule has 3 aliphatic heterocycles. The van der Waals surface area contributed by atoms with Gasteiger partial charge in [0, 0.05) is 19.0 Å². The SMILES string of the molecule is CO/C1=C/CCCCN2CCc3cc4c(cc3[C@@H](C2)[C@@H]1OC(=O)[C@@](O)(CCCC(C)(C)O)CC(=O)NCc1ccco1)OCO4. The summed E-state index contributed by atoms with van der Waals surface area (Å²) in [7, 11) is 1.56. The summed E-state index contributed by atoms with van der Waals surface area (Å²) in [6, 6.07) is 7.43. The summed E-state index contributed by atoms with van der Waals surface area (Å²) in [5.74, 6) is 0.619. The molecule has 246 valence electrons. The highest BCUT2D eigenvalue weighted by Gasteiger charge is 2.44. The smallest absolute Gasteiger partial charge is 0.339 e. The highest BCUT2D eigenvalue weighted by molar-refractivity contribution is 5.88. The zero-order valence-corrected chi connectivity index (χ0v) is 26.5. The number of carbonyl (C=O) groups is 2. The van der Waals surface area contributed by atoms with Crippen molar-refractivity contribution in [1.82, 2.24) is 10.2 Å². The van der Waals surface area contributed by atoms with Crippen LogP contribution in [0.15, 0.2) is 46.8 Å². The molecule has 3 N–H and O–H groups in total. The van der Waals surface area contributed by atoms with E-state index in [0.717, 1.165) is 49.9 Å². The van der Waals surface area contributed by atoms with Gasteiger partial charge in [-0.25, -0.2) is 4.79 Å². The Morgan fingerprint density at radius 2 is 1.91 bits per heavy atom. The van der Waals surface area contributed by atoms with E-state index in [9.17, 15) is 19.8 Å². The van der Waals surface area contributed by atoms with E-state index in [2.05, 4.69) is 10.2 Å². The second kappa shape index (κ2) is 14.3. The first kappa shape index (κ1) is 32.8. The van der Waals surface area contributed by atoms with Gasteiger partial charge in [-0.1, -0.05) is 0 Å². The first-order valence-corrected chi connectivity index (χ1v) is 15.9. The number of benzene rings is 1. The molecule has 0 fully saturated rings. The number of allylic oxidation sites excluding steroid dienone is 1. The van der Waals surface area contributed by atoms with Crippen molar-refractivity contribution in [2.75, 3.05) is 33.5 Å². The van der Waals surface area contributed by atoms with Gasteiger partial charge in [0.2, 0.25) is 12.7 Å². The molecule has 0 saturated carbocycles. The zero-order chi connectivity index (χ0) is 32.0. The third kappa shape index (κ3) is 8.39. The van der Waals surface area contributed by atoms with E-state index in [4.69, 9.17) is 23.4 Å². The van der Waals surface area contributed by atoms with E-state index in [-0.39, 0.29) is 25.7 Å². The van der Waals surface area contributed by atoms with Crippen molar-refractivity contribution in [2.24, 2.45) is 0 Å². The van der Waals surface area contributed by atoms with E-state index >= 15 is 0 Å². The van der Waals surface area contributed by atoms with Gasteiger partial charge in [-0.15, -0.1) is 0 Å². The first-order valence-electron chi connectivity index (χ1n) is 15.9. The number of amides is 1. The van der Waals surface area contributed by atoms with Crippen LogP contribution in [0.4, 0.5) is 0 Å². The number of nitrogens with one attached hydrogen (secondary N) is 1. The Balaban J connectivity index is 1.46. The molecule has 0 radical (unpaired) electrons. The van der Waals surface area contributed by atoms with Crippen LogP contribution < -0.4 is 14.8 Å². The van der Waals surface area contributed by atoms with Crippen LogP contribution in [0.25, 0.3) is 0 Å². The van der Waals surface area contributed by atoms with Crippen LogP contribution in [0, 0.1) is 0 Å². The second-order valence-electron chi connectivity index (χ2n) is 12.9. The van der Waals surface area contributed by atoms with Gasteiger partial charge in [0.15, 0.2) is 23.2 Å². The zero-order valence-electron chi connectivity index (χ0n) is 26.5. The number of hydrogen-bond donors (Lipinski definition) is 3. The Hall–Kier alpha value is -3.54. The largest absolute Gasteiger partial charge is 0.497 e. The Labute approximate surface area is 264 Å². The van der Waals surface area contributed by atoms with Crippen LogP contribution >= 0.6 is 0 Å². The average Bonchev–Trinajstić information content (AvgIpc) is 3.65. The minimum absolute atomic E-state index is 0.0746. The van der Waals surface area contributed by atoms with E-state index in [1.807, 2.05) is 18.2 Å². The van der Waals surface area contributed by atoms with Crippen LogP contribution in [0.5, 0.6) is 11.5 Å². The highest BCUT2D eigenvalue weighted by Crippen LogP contribution is 2.42. The maximum atomic E-state index is 14.1. The van der Waals surface area contributed by atoms with Crippen molar-refractivity contribution in [2.45, 2.75) is 95.0 Å².